The molecule has 0 aliphatic carbocycles. The summed E-state index contributed by atoms with van der Waals surface area (Å²) in [5.74, 6) is 0. The van der Waals surface area contributed by atoms with Crippen molar-refractivity contribution in [3.05, 3.63) is 35.9 Å². The van der Waals surface area contributed by atoms with Gasteiger partial charge in [-0.05, 0) is 0 Å². The summed E-state index contributed by atoms with van der Waals surface area (Å²) in [6.07, 6.45) is 9.24. The fraction of sp³-hybridized carbons (Fsp3) is 0.684. The Labute approximate surface area is 237 Å². The van der Waals surface area contributed by atoms with Crippen molar-refractivity contribution in [2.45, 2.75) is 70.6 Å². The summed E-state index contributed by atoms with van der Waals surface area (Å²) in [5, 5.41) is -0.624. The summed E-state index contributed by atoms with van der Waals surface area (Å²) >= 11 is 42.2. The molecule has 0 N–H and O–H groups in total. The molecular weight excluding hydrogens is 675 g/mol. The Morgan fingerprint density at radius 3 is 1.33 bits per heavy atom. The average Bonchev–Trinajstić information content (AvgIpc) is 2.55. The second kappa shape index (κ2) is 15.9. The molecule has 0 heterocycles. The van der Waals surface area contributed by atoms with Gasteiger partial charge in [0.1, 0.15) is 0 Å². The molecule has 0 radical (unpaired) electrons. The van der Waals surface area contributed by atoms with Crippen LogP contribution in [-0.2, 0) is 19.5 Å². The Balaban J connectivity index is -0.00000243. The van der Waals surface area contributed by atoms with Crippen molar-refractivity contribution in [2.75, 3.05) is 12.3 Å². The van der Waals surface area contributed by atoms with Crippen molar-refractivity contribution in [2.24, 2.45) is 0 Å². The SMILES string of the molecule is CCCCCCP(Cl)(Cl)(Cl)C(c1ccccc1)P(Cl)(Cl)(Cl)CCCCCC.Cl.Cl.[Ru]. The van der Waals surface area contributed by atoms with E-state index in [0.717, 1.165) is 56.9 Å². The van der Waals surface area contributed by atoms with Gasteiger partial charge in [0, 0.05) is 19.5 Å². The summed E-state index contributed by atoms with van der Waals surface area (Å²) in [7, 11) is 0. The molecule has 0 aliphatic heterocycles. The molecule has 0 fully saturated rings. The minimum Gasteiger partial charge on any atom is -0.147 e. The van der Waals surface area contributed by atoms with Crippen molar-refractivity contribution in [1.82, 2.24) is 0 Å². The maximum Gasteiger partial charge on any atom is 0 e. The van der Waals surface area contributed by atoms with Crippen LogP contribution >= 0.6 is 102 Å². The van der Waals surface area contributed by atoms with Crippen LogP contribution in [0.2, 0.25) is 0 Å². The average molecular weight is 709 g/mol. The molecule has 0 unspecified atom stereocenters. The van der Waals surface area contributed by atoms with E-state index in [-0.39, 0.29) is 44.3 Å². The van der Waals surface area contributed by atoms with Crippen molar-refractivity contribution in [3.8, 4) is 0 Å². The number of hydrogen-bond donors (Lipinski definition) is 0. The Bertz CT molecular complexity index is 541. The summed E-state index contributed by atoms with van der Waals surface area (Å²) in [5.41, 5.74) is 0.846. The van der Waals surface area contributed by atoms with Crippen LogP contribution in [0, 0.1) is 0 Å². The fourth-order valence-corrected chi connectivity index (χ4v) is 28.9. The zero-order valence-corrected chi connectivity index (χ0v) is 27.1. The maximum atomic E-state index is 7.03. The van der Waals surface area contributed by atoms with Gasteiger partial charge in [0.2, 0.25) is 0 Å². The monoisotopic (exact) mass is 706 g/mol. The van der Waals surface area contributed by atoms with Crippen LogP contribution in [0.1, 0.15) is 76.2 Å². The molecule has 0 atom stereocenters. The fourth-order valence-electron chi connectivity index (χ4n) is 3.43. The van der Waals surface area contributed by atoms with Crippen molar-refractivity contribution in [1.29, 1.82) is 0 Å². The van der Waals surface area contributed by atoms with Crippen molar-refractivity contribution >= 4 is 102 Å². The molecule has 11 heteroatoms. The third-order valence-electron chi connectivity index (χ3n) is 4.79. The first-order valence-corrected chi connectivity index (χ1v) is 20.2. The van der Waals surface area contributed by atoms with E-state index in [9.17, 15) is 0 Å². The Kier molecular flexibility index (Phi) is 19.9. The zero-order valence-electron chi connectivity index (χ0n) is 17.4. The van der Waals surface area contributed by atoms with Gasteiger partial charge in [-0.3, -0.25) is 0 Å². The van der Waals surface area contributed by atoms with Crippen LogP contribution in [0.5, 0.6) is 0 Å². The van der Waals surface area contributed by atoms with Crippen molar-refractivity contribution in [3.63, 3.8) is 0 Å². The molecule has 0 aromatic heterocycles. The molecule has 0 amide bonds. The molecule has 1 aromatic rings. The van der Waals surface area contributed by atoms with Gasteiger partial charge in [0.15, 0.2) is 0 Å². The standard InChI is InChI=1S/C19H32Cl6P2.2ClH.Ru/c1-3-5-7-12-16-26(20,21,22)19(18-14-10-9-11-15-18)27(23,24,25)17-13-8-6-4-2;;;/h9-11,14-15,19H,3-8,12-13,16-17H2,1-2H3;2*1H;. The summed E-state index contributed by atoms with van der Waals surface area (Å²) in [6, 6.07) is 9.65. The van der Waals surface area contributed by atoms with Gasteiger partial charge >= 0.3 is 196 Å². The van der Waals surface area contributed by atoms with Gasteiger partial charge in [-0.2, -0.15) is 0 Å². The molecule has 1 rings (SSSR count). The van der Waals surface area contributed by atoms with Crippen LogP contribution in [0.25, 0.3) is 0 Å². The normalized spacial score (nSPS) is 15.2. The summed E-state index contributed by atoms with van der Waals surface area (Å²) in [4.78, 5) is 0. The first kappa shape index (κ1) is 37.6. The van der Waals surface area contributed by atoms with E-state index >= 15 is 0 Å². The van der Waals surface area contributed by atoms with Gasteiger partial charge in [0.25, 0.3) is 0 Å². The smallest absolute Gasteiger partial charge is 0 e. The number of hydrogen-bond acceptors (Lipinski definition) is 0. The summed E-state index contributed by atoms with van der Waals surface area (Å²) in [6.45, 7) is 4.32. The first-order chi connectivity index (χ1) is 12.4. The molecule has 0 spiro atoms. The summed E-state index contributed by atoms with van der Waals surface area (Å²) < 4.78 is -7.63. The quantitative estimate of drug-likeness (QED) is 0.109. The van der Waals surface area contributed by atoms with E-state index in [0.29, 0.717) is 12.3 Å². The number of halogens is 8. The number of unbranched alkanes of at least 4 members (excludes halogenated alkanes) is 6. The maximum absolute atomic E-state index is 7.03. The van der Waals surface area contributed by atoms with Gasteiger partial charge in [-0.25, -0.2) is 0 Å². The molecule has 30 heavy (non-hydrogen) atoms. The Hall–Kier alpha value is 3.02. The first-order valence-electron chi connectivity index (χ1n) is 9.78. The van der Waals surface area contributed by atoms with Crippen LogP contribution in [-0.4, -0.2) is 12.3 Å². The van der Waals surface area contributed by atoms with Gasteiger partial charge in [-0.15, -0.1) is 24.8 Å². The molecule has 0 nitrogen and oxygen atoms in total. The van der Waals surface area contributed by atoms with Crippen LogP contribution in [0.3, 0.4) is 0 Å². The molecule has 0 saturated heterocycles. The minimum absolute atomic E-state index is 0. The zero-order chi connectivity index (χ0) is 20.7. The number of rotatable bonds is 13. The van der Waals surface area contributed by atoms with Gasteiger partial charge in [0.05, 0.1) is 0 Å². The van der Waals surface area contributed by atoms with E-state index in [2.05, 4.69) is 13.8 Å². The molecular formula is C19H34Cl8P2Ru. The molecule has 0 aliphatic rings. The molecule has 184 valence electrons. The van der Waals surface area contributed by atoms with Crippen LogP contribution in [0.4, 0.5) is 0 Å². The van der Waals surface area contributed by atoms with Crippen molar-refractivity contribution < 1.29 is 19.5 Å². The molecule has 1 aromatic carbocycles. The number of benzene rings is 1. The van der Waals surface area contributed by atoms with Gasteiger partial charge in [-0.1, -0.05) is 0 Å². The van der Waals surface area contributed by atoms with Crippen LogP contribution < -0.4 is 0 Å². The second-order valence-electron chi connectivity index (χ2n) is 7.40. The molecule has 0 bridgehead atoms. The third-order valence-corrected chi connectivity index (χ3v) is 21.4. The van der Waals surface area contributed by atoms with E-state index in [1.165, 1.54) is 0 Å². The van der Waals surface area contributed by atoms with Crippen LogP contribution in [0.15, 0.2) is 30.3 Å². The second-order valence-corrected chi connectivity index (χ2v) is 30.9. The molecule has 0 saturated carbocycles. The third kappa shape index (κ3) is 12.6. The predicted molar refractivity (Wildman–Crippen MR) is 151 cm³/mol. The largest absolute Gasteiger partial charge is 0.147 e. The topological polar surface area (TPSA) is 0 Å². The van der Waals surface area contributed by atoms with E-state index < -0.39 is 14.7 Å². The van der Waals surface area contributed by atoms with E-state index in [1.54, 1.807) is 0 Å². The predicted octanol–water partition coefficient (Wildman–Crippen LogP) is 12.7. The van der Waals surface area contributed by atoms with Gasteiger partial charge < -0.3 is 0 Å². The Morgan fingerprint density at radius 2 is 1.00 bits per heavy atom. The van der Waals surface area contributed by atoms with E-state index in [1.807, 2.05) is 30.3 Å². The Morgan fingerprint density at radius 1 is 0.633 bits per heavy atom. The minimum atomic E-state index is -3.81. The van der Waals surface area contributed by atoms with E-state index in [4.69, 9.17) is 67.4 Å².